The molecule has 2 rings (SSSR count). The molecule has 0 aromatic heterocycles. The Morgan fingerprint density at radius 3 is 2.57 bits per heavy atom. The molecule has 0 saturated carbocycles. The maximum absolute atomic E-state index is 12.6. The van der Waals surface area contributed by atoms with Crippen molar-refractivity contribution >= 4 is 11.8 Å². The van der Waals surface area contributed by atoms with Crippen molar-refractivity contribution in [2.24, 2.45) is 11.7 Å². The van der Waals surface area contributed by atoms with Gasteiger partial charge in [0, 0.05) is 36.8 Å². The van der Waals surface area contributed by atoms with Crippen molar-refractivity contribution in [1.29, 1.82) is 0 Å². The Bertz CT molecular complexity index is 549. The molecule has 2 amide bonds. The van der Waals surface area contributed by atoms with Gasteiger partial charge in [0.15, 0.2) is 0 Å². The van der Waals surface area contributed by atoms with Crippen LogP contribution in [-0.2, 0) is 0 Å². The molecule has 5 heteroatoms. The average Bonchev–Trinajstić information content (AvgIpc) is 2.59. The van der Waals surface area contributed by atoms with Crippen LogP contribution < -0.4 is 11.1 Å². The monoisotopic (exact) mass is 317 g/mol. The Morgan fingerprint density at radius 1 is 1.30 bits per heavy atom. The number of benzene rings is 1. The minimum Gasteiger partial charge on any atom is -0.352 e. The van der Waals surface area contributed by atoms with Crippen LogP contribution >= 0.6 is 0 Å². The summed E-state index contributed by atoms with van der Waals surface area (Å²) >= 11 is 0. The van der Waals surface area contributed by atoms with E-state index in [1.165, 1.54) is 0 Å². The summed E-state index contributed by atoms with van der Waals surface area (Å²) in [7, 11) is 0. The number of rotatable bonds is 5. The summed E-state index contributed by atoms with van der Waals surface area (Å²) in [6, 6.07) is 7.15. The summed E-state index contributed by atoms with van der Waals surface area (Å²) in [5, 5.41) is 2.83. The Kier molecular flexibility index (Phi) is 6.16. The second kappa shape index (κ2) is 8.11. The van der Waals surface area contributed by atoms with E-state index in [9.17, 15) is 9.59 Å². The zero-order valence-corrected chi connectivity index (χ0v) is 14.0. The van der Waals surface area contributed by atoms with Crippen molar-refractivity contribution in [3.05, 3.63) is 35.4 Å². The minimum atomic E-state index is -0.128. The third kappa shape index (κ3) is 4.55. The summed E-state index contributed by atoms with van der Waals surface area (Å²) in [6.07, 6.45) is 2.78. The fourth-order valence-corrected chi connectivity index (χ4v) is 2.94. The first kappa shape index (κ1) is 17.5. The Labute approximate surface area is 138 Å². The highest BCUT2D eigenvalue weighted by atomic mass is 16.2. The van der Waals surface area contributed by atoms with Gasteiger partial charge in [-0.15, -0.1) is 0 Å². The van der Waals surface area contributed by atoms with Crippen molar-refractivity contribution in [2.45, 2.75) is 39.2 Å². The second-order valence-electron chi connectivity index (χ2n) is 6.33. The zero-order valence-electron chi connectivity index (χ0n) is 14.0. The quantitative estimate of drug-likeness (QED) is 0.872. The molecule has 0 spiro atoms. The van der Waals surface area contributed by atoms with Crippen LogP contribution in [0.1, 0.15) is 53.8 Å². The summed E-state index contributed by atoms with van der Waals surface area (Å²) in [5.74, 6) is 0.362. The molecule has 0 radical (unpaired) electrons. The number of carbonyl (C=O) groups is 2. The van der Waals surface area contributed by atoms with E-state index in [0.717, 1.165) is 32.4 Å². The van der Waals surface area contributed by atoms with Crippen molar-refractivity contribution in [2.75, 3.05) is 19.6 Å². The molecule has 126 valence electrons. The van der Waals surface area contributed by atoms with Crippen LogP contribution in [0.15, 0.2) is 24.3 Å². The van der Waals surface area contributed by atoms with E-state index >= 15 is 0 Å². The van der Waals surface area contributed by atoms with Crippen molar-refractivity contribution < 1.29 is 9.59 Å². The summed E-state index contributed by atoms with van der Waals surface area (Å²) in [6.45, 7) is 6.14. The number of nitrogens with two attached hydrogens (primary N) is 1. The van der Waals surface area contributed by atoms with Gasteiger partial charge in [0.1, 0.15) is 0 Å². The van der Waals surface area contributed by atoms with Gasteiger partial charge in [0.05, 0.1) is 0 Å². The molecule has 1 atom stereocenters. The van der Waals surface area contributed by atoms with Gasteiger partial charge in [-0.2, -0.15) is 0 Å². The maximum atomic E-state index is 12.6. The molecular weight excluding hydrogens is 290 g/mol. The first-order valence-electron chi connectivity index (χ1n) is 8.46. The van der Waals surface area contributed by atoms with Crippen LogP contribution in [0.2, 0.25) is 0 Å². The molecule has 0 aliphatic carbocycles. The molecule has 1 unspecified atom stereocenters. The smallest absolute Gasteiger partial charge is 0.253 e. The number of amides is 2. The van der Waals surface area contributed by atoms with Crippen LogP contribution in [0.3, 0.4) is 0 Å². The summed E-state index contributed by atoms with van der Waals surface area (Å²) < 4.78 is 0. The van der Waals surface area contributed by atoms with E-state index in [4.69, 9.17) is 5.73 Å². The molecule has 1 aromatic rings. The Balaban J connectivity index is 2.01. The topological polar surface area (TPSA) is 75.4 Å². The van der Waals surface area contributed by atoms with E-state index < -0.39 is 0 Å². The highest BCUT2D eigenvalue weighted by Gasteiger charge is 2.25. The lowest BCUT2D eigenvalue weighted by molar-refractivity contribution is 0.0681. The van der Waals surface area contributed by atoms with E-state index in [0.29, 0.717) is 23.6 Å². The van der Waals surface area contributed by atoms with Gasteiger partial charge in [-0.1, -0.05) is 13.0 Å². The van der Waals surface area contributed by atoms with Crippen LogP contribution in [0.5, 0.6) is 0 Å². The fraction of sp³-hybridized carbons (Fsp3) is 0.556. The van der Waals surface area contributed by atoms with Crippen LogP contribution in [0.25, 0.3) is 0 Å². The predicted molar refractivity (Wildman–Crippen MR) is 91.3 cm³/mol. The lowest BCUT2D eigenvalue weighted by Crippen LogP contribution is -2.42. The number of likely N-dealkylation sites (tertiary alicyclic amines) is 1. The molecule has 1 aliphatic rings. The number of hydrogen-bond acceptors (Lipinski definition) is 3. The van der Waals surface area contributed by atoms with Gasteiger partial charge in [-0.3, -0.25) is 9.59 Å². The number of piperidine rings is 1. The molecule has 1 aromatic carbocycles. The highest BCUT2D eigenvalue weighted by Crippen LogP contribution is 2.21. The van der Waals surface area contributed by atoms with Crippen molar-refractivity contribution in [3.8, 4) is 0 Å². The SMILES string of the molecule is CCCNC(=O)c1cccc(C(=O)N2CCC(C(C)N)CC2)c1. The fourth-order valence-electron chi connectivity index (χ4n) is 2.94. The highest BCUT2D eigenvalue weighted by molar-refractivity contribution is 5.99. The standard InChI is InChI=1S/C18H27N3O2/c1-3-9-20-17(22)15-5-4-6-16(12-15)18(23)21-10-7-14(8-11-21)13(2)19/h4-6,12-14H,3,7-11,19H2,1-2H3,(H,20,22). The molecular formula is C18H27N3O2. The molecule has 23 heavy (non-hydrogen) atoms. The molecule has 5 nitrogen and oxygen atoms in total. The lowest BCUT2D eigenvalue weighted by Gasteiger charge is -2.33. The minimum absolute atomic E-state index is 0.00161. The molecule has 3 N–H and O–H groups in total. The number of carbonyl (C=O) groups excluding carboxylic acids is 2. The second-order valence-corrected chi connectivity index (χ2v) is 6.33. The van der Waals surface area contributed by atoms with E-state index in [-0.39, 0.29) is 17.9 Å². The molecule has 0 bridgehead atoms. The van der Waals surface area contributed by atoms with Crippen LogP contribution in [0.4, 0.5) is 0 Å². The third-order valence-electron chi connectivity index (χ3n) is 4.48. The number of nitrogens with zero attached hydrogens (tertiary/aromatic N) is 1. The van der Waals surface area contributed by atoms with Crippen LogP contribution in [0, 0.1) is 5.92 Å². The molecule has 1 fully saturated rings. The number of nitrogens with one attached hydrogen (secondary N) is 1. The van der Waals surface area contributed by atoms with E-state index in [2.05, 4.69) is 5.32 Å². The number of hydrogen-bond donors (Lipinski definition) is 2. The van der Waals surface area contributed by atoms with Crippen LogP contribution in [-0.4, -0.2) is 42.4 Å². The molecule has 1 saturated heterocycles. The largest absolute Gasteiger partial charge is 0.352 e. The van der Waals surface area contributed by atoms with Gasteiger partial charge in [-0.25, -0.2) is 0 Å². The van der Waals surface area contributed by atoms with Gasteiger partial charge >= 0.3 is 0 Å². The normalized spacial score (nSPS) is 16.9. The van der Waals surface area contributed by atoms with Gasteiger partial charge in [-0.05, 0) is 50.3 Å². The lowest BCUT2D eigenvalue weighted by atomic mass is 9.90. The molecule has 1 aliphatic heterocycles. The van der Waals surface area contributed by atoms with Gasteiger partial charge in [0.25, 0.3) is 11.8 Å². The third-order valence-corrected chi connectivity index (χ3v) is 4.48. The van der Waals surface area contributed by atoms with Crippen molar-refractivity contribution in [3.63, 3.8) is 0 Å². The first-order valence-corrected chi connectivity index (χ1v) is 8.46. The predicted octanol–water partition coefficient (Wildman–Crippen LogP) is 2.03. The Morgan fingerprint density at radius 2 is 1.96 bits per heavy atom. The Hall–Kier alpha value is -1.88. The zero-order chi connectivity index (χ0) is 16.8. The van der Waals surface area contributed by atoms with E-state index in [1.54, 1.807) is 24.3 Å². The maximum Gasteiger partial charge on any atom is 0.253 e. The summed E-state index contributed by atoms with van der Waals surface area (Å²) in [5.41, 5.74) is 7.06. The summed E-state index contributed by atoms with van der Waals surface area (Å²) in [4.78, 5) is 26.5. The van der Waals surface area contributed by atoms with E-state index in [1.807, 2.05) is 18.7 Å². The first-order chi connectivity index (χ1) is 11.0. The van der Waals surface area contributed by atoms with Gasteiger partial charge in [0.2, 0.25) is 0 Å². The van der Waals surface area contributed by atoms with Gasteiger partial charge < -0.3 is 16.0 Å². The molecule has 1 heterocycles. The van der Waals surface area contributed by atoms with Crippen molar-refractivity contribution in [1.82, 2.24) is 10.2 Å². The average molecular weight is 317 g/mol.